The average Bonchev–Trinajstić information content (AvgIpc) is 2.48. The van der Waals surface area contributed by atoms with Crippen LogP contribution in [0.5, 0.6) is 5.75 Å². The Balaban J connectivity index is 2.24. The third kappa shape index (κ3) is 4.06. The van der Waals surface area contributed by atoms with Crippen LogP contribution >= 0.6 is 11.6 Å². The van der Waals surface area contributed by atoms with Crippen molar-refractivity contribution in [2.45, 2.75) is 0 Å². The lowest BCUT2D eigenvalue weighted by Gasteiger charge is -2.13. The second kappa shape index (κ2) is 7.25. The van der Waals surface area contributed by atoms with Gasteiger partial charge in [0, 0.05) is 17.1 Å². The van der Waals surface area contributed by atoms with Crippen molar-refractivity contribution < 1.29 is 9.53 Å². The molecule has 4 heteroatoms. The molecule has 0 unspecified atom stereocenters. The van der Waals surface area contributed by atoms with Crippen LogP contribution in [0.4, 0.5) is 0 Å². The number of nitrogens with zero attached hydrogens (tertiary/aromatic N) is 1. The predicted octanol–water partition coefficient (Wildman–Crippen LogP) is 3.76. The first kappa shape index (κ1) is 15.5. The van der Waals surface area contributed by atoms with E-state index in [4.69, 9.17) is 16.3 Å². The third-order valence-corrected chi connectivity index (χ3v) is 3.45. The molecule has 0 heterocycles. The van der Waals surface area contributed by atoms with E-state index in [-0.39, 0.29) is 0 Å². The number of carbonyl (C=O) groups excluding carboxylic acids is 1. The fourth-order valence-corrected chi connectivity index (χ4v) is 2.22. The van der Waals surface area contributed by atoms with E-state index in [0.29, 0.717) is 22.9 Å². The lowest BCUT2D eigenvalue weighted by atomic mass is 10.0. The van der Waals surface area contributed by atoms with Gasteiger partial charge in [-0.15, -0.1) is 0 Å². The lowest BCUT2D eigenvalue weighted by molar-refractivity contribution is 0.111. The average molecular weight is 304 g/mol. The summed E-state index contributed by atoms with van der Waals surface area (Å²) >= 11 is 6.19. The van der Waals surface area contributed by atoms with Gasteiger partial charge in [-0.2, -0.15) is 0 Å². The molecule has 0 aliphatic carbocycles. The first-order chi connectivity index (χ1) is 10.1. The topological polar surface area (TPSA) is 29.5 Å². The number of benzene rings is 2. The van der Waals surface area contributed by atoms with Gasteiger partial charge in [0.1, 0.15) is 12.4 Å². The highest BCUT2D eigenvalue weighted by Gasteiger charge is 2.08. The summed E-state index contributed by atoms with van der Waals surface area (Å²) in [6, 6.07) is 13.1. The summed E-state index contributed by atoms with van der Waals surface area (Å²) < 4.78 is 5.65. The summed E-state index contributed by atoms with van der Waals surface area (Å²) in [6.45, 7) is 1.34. The number of hydrogen-bond donors (Lipinski definition) is 0. The molecule has 110 valence electrons. The van der Waals surface area contributed by atoms with Crippen molar-refractivity contribution in [1.29, 1.82) is 0 Å². The zero-order valence-corrected chi connectivity index (χ0v) is 12.9. The molecule has 2 aromatic rings. The molecule has 0 atom stereocenters. The van der Waals surface area contributed by atoms with Crippen molar-refractivity contribution in [2.24, 2.45) is 0 Å². The molecular weight excluding hydrogens is 286 g/mol. The number of rotatable bonds is 6. The fourth-order valence-electron chi connectivity index (χ4n) is 1.97. The van der Waals surface area contributed by atoms with Crippen LogP contribution in [0.3, 0.4) is 0 Å². The maximum absolute atomic E-state index is 11.3. The number of aldehydes is 1. The van der Waals surface area contributed by atoms with Gasteiger partial charge in [0.25, 0.3) is 0 Å². The van der Waals surface area contributed by atoms with Crippen LogP contribution in [0.1, 0.15) is 10.4 Å². The molecule has 0 N–H and O–H groups in total. The normalized spacial score (nSPS) is 10.7. The van der Waals surface area contributed by atoms with Crippen molar-refractivity contribution in [2.75, 3.05) is 27.2 Å². The van der Waals surface area contributed by atoms with E-state index < -0.39 is 0 Å². The van der Waals surface area contributed by atoms with Crippen LogP contribution in [0.15, 0.2) is 42.5 Å². The first-order valence-electron chi connectivity index (χ1n) is 6.73. The highest BCUT2D eigenvalue weighted by Crippen LogP contribution is 2.30. The van der Waals surface area contributed by atoms with Crippen molar-refractivity contribution >= 4 is 17.9 Å². The zero-order valence-electron chi connectivity index (χ0n) is 12.2. The Morgan fingerprint density at radius 1 is 1.19 bits per heavy atom. The molecule has 0 aliphatic rings. The van der Waals surface area contributed by atoms with E-state index >= 15 is 0 Å². The zero-order chi connectivity index (χ0) is 15.2. The number of carbonyl (C=O) groups is 1. The summed E-state index contributed by atoms with van der Waals surface area (Å²) in [4.78, 5) is 13.3. The minimum absolute atomic E-state index is 0.533. The van der Waals surface area contributed by atoms with Crippen molar-refractivity contribution in [3.63, 3.8) is 0 Å². The van der Waals surface area contributed by atoms with Gasteiger partial charge < -0.3 is 9.64 Å². The van der Waals surface area contributed by atoms with Crippen LogP contribution < -0.4 is 4.74 Å². The largest absolute Gasteiger partial charge is 0.492 e. The maximum atomic E-state index is 11.3. The number of likely N-dealkylation sites (N-methyl/N-ethyl adjacent to an activating group) is 1. The Hall–Kier alpha value is -1.84. The molecule has 0 spiro atoms. The minimum Gasteiger partial charge on any atom is -0.492 e. The first-order valence-corrected chi connectivity index (χ1v) is 7.11. The lowest BCUT2D eigenvalue weighted by Crippen LogP contribution is -2.19. The summed E-state index contributed by atoms with van der Waals surface area (Å²) in [6.07, 6.45) is 0.811. The van der Waals surface area contributed by atoms with E-state index in [1.165, 1.54) is 0 Å². The second-order valence-electron chi connectivity index (χ2n) is 5.00. The Kier molecular flexibility index (Phi) is 5.37. The quantitative estimate of drug-likeness (QED) is 0.761. The SMILES string of the molecule is CN(C)CCOc1ccc(-c2ccccc2Cl)cc1C=O. The fraction of sp³-hybridized carbons (Fsp3) is 0.235. The van der Waals surface area contributed by atoms with Crippen LogP contribution in [0.25, 0.3) is 11.1 Å². The van der Waals surface area contributed by atoms with Gasteiger partial charge >= 0.3 is 0 Å². The maximum Gasteiger partial charge on any atom is 0.153 e. The summed E-state index contributed by atoms with van der Waals surface area (Å²) in [7, 11) is 3.95. The molecule has 0 radical (unpaired) electrons. The monoisotopic (exact) mass is 303 g/mol. The van der Waals surface area contributed by atoms with Crippen LogP contribution in [-0.4, -0.2) is 38.4 Å². The highest BCUT2D eigenvalue weighted by atomic mass is 35.5. The molecule has 3 nitrogen and oxygen atoms in total. The molecule has 0 saturated carbocycles. The summed E-state index contributed by atoms with van der Waals surface area (Å²) in [5.74, 6) is 0.600. The van der Waals surface area contributed by atoms with Gasteiger partial charge in [-0.25, -0.2) is 0 Å². The van der Waals surface area contributed by atoms with Crippen molar-refractivity contribution in [3.8, 4) is 16.9 Å². The van der Waals surface area contributed by atoms with Crippen LogP contribution in [0, 0.1) is 0 Å². The Bertz CT molecular complexity index is 626. The molecule has 0 aliphatic heterocycles. The van der Waals surface area contributed by atoms with Gasteiger partial charge in [0.2, 0.25) is 0 Å². The van der Waals surface area contributed by atoms with Crippen LogP contribution in [0.2, 0.25) is 5.02 Å². The molecule has 0 bridgehead atoms. The van der Waals surface area contributed by atoms with E-state index in [0.717, 1.165) is 24.0 Å². The van der Waals surface area contributed by atoms with Gasteiger partial charge in [-0.3, -0.25) is 4.79 Å². The molecule has 0 fully saturated rings. The minimum atomic E-state index is 0.533. The van der Waals surface area contributed by atoms with E-state index in [1.807, 2.05) is 55.4 Å². The standard InChI is InChI=1S/C17H18ClNO2/c1-19(2)9-10-21-17-8-7-13(11-14(17)12-20)15-5-3-4-6-16(15)18/h3-8,11-12H,9-10H2,1-2H3. The molecule has 0 amide bonds. The molecule has 2 aromatic carbocycles. The molecule has 21 heavy (non-hydrogen) atoms. The number of ether oxygens (including phenoxy) is 1. The van der Waals surface area contributed by atoms with Gasteiger partial charge in [0.15, 0.2) is 6.29 Å². The molecule has 0 saturated heterocycles. The predicted molar refractivity (Wildman–Crippen MR) is 86.3 cm³/mol. The Morgan fingerprint density at radius 2 is 1.95 bits per heavy atom. The summed E-state index contributed by atoms with van der Waals surface area (Å²) in [5.41, 5.74) is 2.34. The number of hydrogen-bond acceptors (Lipinski definition) is 3. The molecule has 0 aromatic heterocycles. The smallest absolute Gasteiger partial charge is 0.153 e. The van der Waals surface area contributed by atoms with E-state index in [1.54, 1.807) is 6.07 Å². The highest BCUT2D eigenvalue weighted by molar-refractivity contribution is 6.33. The van der Waals surface area contributed by atoms with Crippen molar-refractivity contribution in [3.05, 3.63) is 53.1 Å². The van der Waals surface area contributed by atoms with E-state index in [2.05, 4.69) is 0 Å². The van der Waals surface area contributed by atoms with E-state index in [9.17, 15) is 4.79 Å². The Labute approximate surface area is 130 Å². The molecular formula is C17H18ClNO2. The Morgan fingerprint density at radius 3 is 2.62 bits per heavy atom. The molecule has 2 rings (SSSR count). The van der Waals surface area contributed by atoms with Gasteiger partial charge in [0.05, 0.1) is 5.56 Å². The third-order valence-electron chi connectivity index (χ3n) is 3.12. The van der Waals surface area contributed by atoms with Gasteiger partial charge in [-0.05, 0) is 37.9 Å². The second-order valence-corrected chi connectivity index (χ2v) is 5.41. The number of halogens is 1. The van der Waals surface area contributed by atoms with Gasteiger partial charge in [-0.1, -0.05) is 35.9 Å². The van der Waals surface area contributed by atoms with Crippen molar-refractivity contribution in [1.82, 2.24) is 4.90 Å². The summed E-state index contributed by atoms with van der Waals surface area (Å²) in [5, 5.41) is 0.663. The van der Waals surface area contributed by atoms with Crippen LogP contribution in [-0.2, 0) is 0 Å².